The first-order valence-electron chi connectivity index (χ1n) is 6.46. The average molecular weight is 263 g/mol. The molecule has 0 fully saturated rings. The number of anilines is 1. The Morgan fingerprint density at radius 3 is 2.16 bits per heavy atom. The number of carbonyl (C=O) groups is 2. The summed E-state index contributed by atoms with van der Waals surface area (Å²) in [6.45, 7) is 5.61. The highest BCUT2D eigenvalue weighted by atomic mass is 16.2. The van der Waals surface area contributed by atoms with Crippen LogP contribution in [0.4, 0.5) is 5.69 Å². The van der Waals surface area contributed by atoms with E-state index in [9.17, 15) is 9.59 Å². The van der Waals surface area contributed by atoms with Crippen LogP contribution in [0.15, 0.2) is 24.3 Å². The zero-order valence-electron chi connectivity index (χ0n) is 11.7. The van der Waals surface area contributed by atoms with Crippen LogP contribution in [0.3, 0.4) is 0 Å². The molecular formula is C14H21N3O2. The van der Waals surface area contributed by atoms with E-state index in [4.69, 9.17) is 0 Å². The lowest BCUT2D eigenvalue weighted by atomic mass is 10.2. The van der Waals surface area contributed by atoms with Gasteiger partial charge in [-0.1, -0.05) is 0 Å². The number of benzene rings is 1. The normalized spacial score (nSPS) is 9.84. The first-order valence-corrected chi connectivity index (χ1v) is 6.46. The number of amides is 2. The Morgan fingerprint density at radius 2 is 1.68 bits per heavy atom. The molecule has 19 heavy (non-hydrogen) atoms. The van der Waals surface area contributed by atoms with Crippen molar-refractivity contribution >= 4 is 17.5 Å². The van der Waals surface area contributed by atoms with Crippen molar-refractivity contribution in [2.45, 2.75) is 13.8 Å². The lowest BCUT2D eigenvalue weighted by Crippen LogP contribution is -2.35. The minimum atomic E-state index is -0.120. The molecule has 1 aromatic carbocycles. The van der Waals surface area contributed by atoms with E-state index >= 15 is 0 Å². The van der Waals surface area contributed by atoms with Crippen molar-refractivity contribution in [2.24, 2.45) is 0 Å². The summed E-state index contributed by atoms with van der Waals surface area (Å²) in [7, 11) is 1.59. The summed E-state index contributed by atoms with van der Waals surface area (Å²) in [5.41, 5.74) is 1.43. The van der Waals surface area contributed by atoms with Crippen LogP contribution in [0.1, 0.15) is 24.2 Å². The number of nitrogens with zero attached hydrogens (tertiary/aromatic N) is 1. The van der Waals surface area contributed by atoms with Gasteiger partial charge in [0.25, 0.3) is 5.91 Å². The molecule has 0 aliphatic carbocycles. The predicted molar refractivity (Wildman–Crippen MR) is 76.2 cm³/mol. The highest BCUT2D eigenvalue weighted by Crippen LogP contribution is 2.09. The number of nitrogens with one attached hydrogen (secondary N) is 2. The van der Waals surface area contributed by atoms with Gasteiger partial charge < -0.3 is 15.5 Å². The molecule has 0 radical (unpaired) electrons. The lowest BCUT2D eigenvalue weighted by Gasteiger charge is -2.19. The smallest absolute Gasteiger partial charge is 0.251 e. The molecule has 1 rings (SSSR count). The molecule has 0 atom stereocenters. The summed E-state index contributed by atoms with van der Waals surface area (Å²) >= 11 is 0. The van der Waals surface area contributed by atoms with Crippen molar-refractivity contribution in [3.05, 3.63) is 29.8 Å². The second-order valence-electron chi connectivity index (χ2n) is 4.08. The fourth-order valence-electron chi connectivity index (χ4n) is 1.75. The van der Waals surface area contributed by atoms with Gasteiger partial charge in [0, 0.05) is 31.4 Å². The van der Waals surface area contributed by atoms with Crippen LogP contribution in [-0.4, -0.2) is 43.4 Å². The van der Waals surface area contributed by atoms with Crippen molar-refractivity contribution in [3.63, 3.8) is 0 Å². The van der Waals surface area contributed by atoms with E-state index < -0.39 is 0 Å². The van der Waals surface area contributed by atoms with Crippen LogP contribution < -0.4 is 10.6 Å². The van der Waals surface area contributed by atoms with Crippen LogP contribution >= 0.6 is 0 Å². The van der Waals surface area contributed by atoms with Crippen LogP contribution in [0.25, 0.3) is 0 Å². The Hall–Kier alpha value is -2.04. The molecule has 2 amide bonds. The molecule has 0 unspecified atom stereocenters. The van der Waals surface area contributed by atoms with E-state index in [1.807, 2.05) is 13.8 Å². The van der Waals surface area contributed by atoms with Gasteiger partial charge in [-0.15, -0.1) is 0 Å². The second-order valence-corrected chi connectivity index (χ2v) is 4.08. The number of carbonyl (C=O) groups excluding carboxylic acids is 2. The lowest BCUT2D eigenvalue weighted by molar-refractivity contribution is -0.128. The van der Waals surface area contributed by atoms with Crippen molar-refractivity contribution in [1.29, 1.82) is 0 Å². The van der Waals surface area contributed by atoms with Gasteiger partial charge in [0.15, 0.2) is 0 Å². The zero-order chi connectivity index (χ0) is 14.3. The topological polar surface area (TPSA) is 61.4 Å². The molecule has 0 saturated carbocycles. The maximum Gasteiger partial charge on any atom is 0.251 e. The van der Waals surface area contributed by atoms with E-state index in [-0.39, 0.29) is 18.4 Å². The standard InChI is InChI=1S/C14H21N3O2/c1-4-17(5-2)13(18)10-16-12-8-6-11(7-9-12)14(19)15-3/h6-9,16H,4-5,10H2,1-3H3,(H,15,19). The fraction of sp³-hybridized carbons (Fsp3) is 0.429. The van der Waals surface area contributed by atoms with Crippen molar-refractivity contribution in [3.8, 4) is 0 Å². The Kier molecular flexibility index (Phi) is 5.85. The molecule has 0 aliphatic rings. The van der Waals surface area contributed by atoms with E-state index in [2.05, 4.69) is 10.6 Å². The maximum absolute atomic E-state index is 11.8. The number of hydrogen-bond acceptors (Lipinski definition) is 3. The van der Waals surface area contributed by atoms with Gasteiger partial charge in [-0.3, -0.25) is 9.59 Å². The largest absolute Gasteiger partial charge is 0.376 e. The first-order chi connectivity index (χ1) is 9.12. The van der Waals surface area contributed by atoms with Gasteiger partial charge in [-0.25, -0.2) is 0 Å². The predicted octanol–water partition coefficient (Wildman–Crippen LogP) is 1.33. The quantitative estimate of drug-likeness (QED) is 0.814. The Balaban J connectivity index is 2.54. The Labute approximate surface area is 114 Å². The minimum Gasteiger partial charge on any atom is -0.376 e. The number of likely N-dealkylation sites (N-methyl/N-ethyl adjacent to an activating group) is 1. The van der Waals surface area contributed by atoms with Crippen molar-refractivity contribution in [2.75, 3.05) is 32.0 Å². The van der Waals surface area contributed by atoms with Crippen LogP contribution in [-0.2, 0) is 4.79 Å². The van der Waals surface area contributed by atoms with Gasteiger partial charge >= 0.3 is 0 Å². The molecule has 104 valence electrons. The average Bonchev–Trinajstić information content (AvgIpc) is 2.46. The van der Waals surface area contributed by atoms with Crippen LogP contribution in [0, 0.1) is 0 Å². The number of hydrogen-bond donors (Lipinski definition) is 2. The molecule has 0 bridgehead atoms. The molecule has 0 heterocycles. The second kappa shape index (κ2) is 7.41. The van der Waals surface area contributed by atoms with Gasteiger partial charge in [0.1, 0.15) is 0 Å². The highest BCUT2D eigenvalue weighted by Gasteiger charge is 2.09. The Morgan fingerprint density at radius 1 is 1.11 bits per heavy atom. The van der Waals surface area contributed by atoms with Gasteiger partial charge in [0.2, 0.25) is 5.91 Å². The van der Waals surface area contributed by atoms with Crippen molar-refractivity contribution < 1.29 is 9.59 Å². The summed E-state index contributed by atoms with van der Waals surface area (Å²) < 4.78 is 0. The van der Waals surface area contributed by atoms with Gasteiger partial charge in [0.05, 0.1) is 6.54 Å². The van der Waals surface area contributed by atoms with Gasteiger partial charge in [-0.2, -0.15) is 0 Å². The SMILES string of the molecule is CCN(CC)C(=O)CNc1ccc(C(=O)NC)cc1. The van der Waals surface area contributed by atoms with Crippen LogP contribution in [0.2, 0.25) is 0 Å². The third-order valence-corrected chi connectivity index (χ3v) is 2.93. The third kappa shape index (κ3) is 4.28. The highest BCUT2D eigenvalue weighted by molar-refractivity contribution is 5.94. The summed E-state index contributed by atoms with van der Waals surface area (Å²) in [5.74, 6) is -0.0499. The summed E-state index contributed by atoms with van der Waals surface area (Å²) in [5, 5.41) is 5.62. The minimum absolute atomic E-state index is 0.0698. The molecule has 0 aliphatic heterocycles. The molecule has 0 spiro atoms. The summed E-state index contributed by atoms with van der Waals surface area (Å²) in [6, 6.07) is 7.03. The monoisotopic (exact) mass is 263 g/mol. The molecule has 1 aromatic rings. The van der Waals surface area contributed by atoms with E-state index in [1.54, 1.807) is 36.2 Å². The van der Waals surface area contributed by atoms with Crippen molar-refractivity contribution in [1.82, 2.24) is 10.2 Å². The maximum atomic E-state index is 11.8. The zero-order valence-corrected chi connectivity index (χ0v) is 11.7. The van der Waals surface area contributed by atoms with Gasteiger partial charge in [-0.05, 0) is 38.1 Å². The Bertz CT molecular complexity index is 425. The molecule has 5 nitrogen and oxygen atoms in total. The summed E-state index contributed by atoms with van der Waals surface area (Å²) in [6.07, 6.45) is 0. The third-order valence-electron chi connectivity index (χ3n) is 2.93. The molecule has 0 saturated heterocycles. The molecule has 2 N–H and O–H groups in total. The molecular weight excluding hydrogens is 242 g/mol. The molecule has 0 aromatic heterocycles. The van der Waals surface area contributed by atoms with E-state index in [0.29, 0.717) is 18.7 Å². The number of rotatable bonds is 6. The van der Waals surface area contributed by atoms with Crippen LogP contribution in [0.5, 0.6) is 0 Å². The summed E-state index contributed by atoms with van der Waals surface area (Å²) in [4.78, 5) is 24.9. The van der Waals surface area contributed by atoms with E-state index in [0.717, 1.165) is 5.69 Å². The molecule has 5 heteroatoms. The van der Waals surface area contributed by atoms with E-state index in [1.165, 1.54) is 0 Å². The first kappa shape index (κ1) is 15.0. The fourth-order valence-corrected chi connectivity index (χ4v) is 1.75.